The molecule has 3 aromatic rings. The second-order valence-corrected chi connectivity index (χ2v) is 4.85. The van der Waals surface area contributed by atoms with Gasteiger partial charge in [-0.15, -0.1) is 0 Å². The van der Waals surface area contributed by atoms with Crippen LogP contribution in [-0.2, 0) is 7.05 Å². The number of carbonyl (C=O) groups is 1. The van der Waals surface area contributed by atoms with E-state index in [1.165, 1.54) is 16.8 Å². The van der Waals surface area contributed by atoms with Gasteiger partial charge in [0, 0.05) is 18.0 Å². The van der Waals surface area contributed by atoms with Crippen LogP contribution in [0.15, 0.2) is 47.4 Å². The molecule has 0 fully saturated rings. The number of aromatic nitrogens is 2. The number of benzene rings is 1. The highest BCUT2D eigenvalue weighted by Crippen LogP contribution is 2.29. The Hall–Kier alpha value is -3.15. The first-order chi connectivity index (χ1) is 10.5. The zero-order valence-electron chi connectivity index (χ0n) is 11.6. The summed E-state index contributed by atoms with van der Waals surface area (Å²) in [5.74, 6) is -1.77. The lowest BCUT2D eigenvalue weighted by molar-refractivity contribution is 0.0687. The van der Waals surface area contributed by atoms with Crippen LogP contribution < -0.4 is 5.56 Å². The number of hydrogen-bond acceptors (Lipinski definition) is 4. The summed E-state index contributed by atoms with van der Waals surface area (Å²) in [6, 6.07) is 10.5. The molecule has 0 unspecified atom stereocenters. The van der Waals surface area contributed by atoms with Crippen LogP contribution in [0.25, 0.3) is 22.0 Å². The number of aromatic carboxylic acids is 1. The molecular formula is C16H12N2O4. The summed E-state index contributed by atoms with van der Waals surface area (Å²) < 4.78 is 1.34. The lowest BCUT2D eigenvalue weighted by Gasteiger charge is -2.11. The third kappa shape index (κ3) is 2.01. The van der Waals surface area contributed by atoms with Gasteiger partial charge in [-0.1, -0.05) is 30.3 Å². The van der Waals surface area contributed by atoms with Crippen molar-refractivity contribution in [2.75, 3.05) is 0 Å². The summed E-state index contributed by atoms with van der Waals surface area (Å²) in [5.41, 5.74) is 0.756. The van der Waals surface area contributed by atoms with E-state index in [0.717, 1.165) is 0 Å². The summed E-state index contributed by atoms with van der Waals surface area (Å²) in [6.07, 6.45) is 1.27. The normalized spacial score (nSPS) is 10.8. The minimum atomic E-state index is -1.32. The molecule has 0 aliphatic rings. The molecule has 6 nitrogen and oxygen atoms in total. The number of fused-ring (bicyclic) bond motifs is 1. The summed E-state index contributed by atoms with van der Waals surface area (Å²) in [7, 11) is 1.55. The third-order valence-electron chi connectivity index (χ3n) is 3.54. The first kappa shape index (κ1) is 13.8. The van der Waals surface area contributed by atoms with Crippen LogP contribution in [0.5, 0.6) is 5.75 Å². The van der Waals surface area contributed by atoms with Gasteiger partial charge in [0.1, 0.15) is 0 Å². The number of carboxylic acids is 1. The molecule has 0 aliphatic heterocycles. The van der Waals surface area contributed by atoms with E-state index in [9.17, 15) is 14.7 Å². The lowest BCUT2D eigenvalue weighted by Crippen LogP contribution is -2.19. The van der Waals surface area contributed by atoms with Crippen molar-refractivity contribution in [2.24, 2.45) is 7.05 Å². The highest BCUT2D eigenvalue weighted by molar-refractivity contribution is 5.98. The topological polar surface area (TPSA) is 92.4 Å². The fourth-order valence-electron chi connectivity index (χ4n) is 2.39. The molecule has 0 spiro atoms. The number of rotatable bonds is 2. The molecule has 110 valence electrons. The maximum atomic E-state index is 12.5. The van der Waals surface area contributed by atoms with Crippen molar-refractivity contribution in [2.45, 2.75) is 0 Å². The highest BCUT2D eigenvalue weighted by Gasteiger charge is 2.18. The van der Waals surface area contributed by atoms with Gasteiger partial charge in [0.25, 0.3) is 5.56 Å². The van der Waals surface area contributed by atoms with Gasteiger partial charge in [0.2, 0.25) is 0 Å². The van der Waals surface area contributed by atoms with Gasteiger partial charge in [-0.05, 0) is 11.6 Å². The van der Waals surface area contributed by atoms with E-state index in [0.29, 0.717) is 16.6 Å². The van der Waals surface area contributed by atoms with Crippen molar-refractivity contribution >= 4 is 16.9 Å². The molecule has 2 N–H and O–H groups in total. The van der Waals surface area contributed by atoms with E-state index in [-0.39, 0.29) is 10.9 Å². The standard InChI is InChI=1S/C16H12N2O4/c1-18-12-8-17-13(16(21)22)14(19)11(12)7-10(15(18)20)9-5-3-2-4-6-9/h2-8,19H,1H3,(H,21,22). The SMILES string of the molecule is Cn1c(=O)c(-c2ccccc2)cc2c(O)c(C(=O)O)ncc21. The van der Waals surface area contributed by atoms with Gasteiger partial charge in [-0.2, -0.15) is 0 Å². The Bertz CT molecular complexity index is 946. The van der Waals surface area contributed by atoms with Crippen molar-refractivity contribution in [3.63, 3.8) is 0 Å². The maximum Gasteiger partial charge on any atom is 0.358 e. The second kappa shape index (κ2) is 5.00. The molecule has 2 heterocycles. The van der Waals surface area contributed by atoms with E-state index in [2.05, 4.69) is 4.98 Å². The van der Waals surface area contributed by atoms with Crippen molar-refractivity contribution in [1.29, 1.82) is 0 Å². The molecular weight excluding hydrogens is 284 g/mol. The fraction of sp³-hybridized carbons (Fsp3) is 0.0625. The molecule has 0 amide bonds. The monoisotopic (exact) mass is 296 g/mol. The van der Waals surface area contributed by atoms with Crippen molar-refractivity contribution in [1.82, 2.24) is 9.55 Å². The Morgan fingerprint density at radius 1 is 1.23 bits per heavy atom. The number of aryl methyl sites for hydroxylation is 1. The van der Waals surface area contributed by atoms with Crippen molar-refractivity contribution < 1.29 is 15.0 Å². The summed E-state index contributed by atoms with van der Waals surface area (Å²) in [6.45, 7) is 0. The van der Waals surface area contributed by atoms with Gasteiger partial charge in [0.15, 0.2) is 11.4 Å². The van der Waals surface area contributed by atoms with Crippen LogP contribution in [0.1, 0.15) is 10.5 Å². The Morgan fingerprint density at radius 3 is 2.55 bits per heavy atom. The number of nitrogens with zero attached hydrogens (tertiary/aromatic N) is 2. The second-order valence-electron chi connectivity index (χ2n) is 4.85. The van der Waals surface area contributed by atoms with Crippen molar-refractivity contribution in [3.05, 3.63) is 58.6 Å². The van der Waals surface area contributed by atoms with E-state index >= 15 is 0 Å². The number of aromatic hydroxyl groups is 1. The Kier molecular flexibility index (Phi) is 3.14. The number of pyridine rings is 2. The molecule has 0 saturated heterocycles. The average Bonchev–Trinajstić information content (AvgIpc) is 2.52. The molecule has 1 aromatic carbocycles. The van der Waals surface area contributed by atoms with Gasteiger partial charge in [-0.3, -0.25) is 4.79 Å². The van der Waals surface area contributed by atoms with Gasteiger partial charge in [-0.25, -0.2) is 9.78 Å². The molecule has 6 heteroatoms. The summed E-state index contributed by atoms with van der Waals surface area (Å²) in [4.78, 5) is 27.2. The van der Waals surface area contributed by atoms with E-state index in [1.807, 2.05) is 6.07 Å². The molecule has 3 rings (SSSR count). The lowest BCUT2D eigenvalue weighted by atomic mass is 10.0. The van der Waals surface area contributed by atoms with E-state index in [1.54, 1.807) is 31.3 Å². The largest absolute Gasteiger partial charge is 0.505 e. The summed E-state index contributed by atoms with van der Waals surface area (Å²) >= 11 is 0. The first-order valence-corrected chi connectivity index (χ1v) is 6.51. The van der Waals surface area contributed by atoms with Crippen LogP contribution in [-0.4, -0.2) is 25.7 Å². The molecule has 0 bridgehead atoms. The predicted molar refractivity (Wildman–Crippen MR) is 81.0 cm³/mol. The van der Waals surface area contributed by atoms with Gasteiger partial charge in [0.05, 0.1) is 11.7 Å². The average molecular weight is 296 g/mol. The zero-order valence-corrected chi connectivity index (χ0v) is 11.6. The van der Waals surface area contributed by atoms with E-state index in [4.69, 9.17) is 5.11 Å². The first-order valence-electron chi connectivity index (χ1n) is 6.51. The molecule has 0 aliphatic carbocycles. The van der Waals surface area contributed by atoms with Crippen LogP contribution >= 0.6 is 0 Å². The maximum absolute atomic E-state index is 12.5. The minimum Gasteiger partial charge on any atom is -0.505 e. The molecule has 22 heavy (non-hydrogen) atoms. The van der Waals surface area contributed by atoms with Crippen LogP contribution in [0, 0.1) is 0 Å². The number of carboxylic acid groups (broad SMARTS) is 1. The fourth-order valence-corrected chi connectivity index (χ4v) is 2.39. The molecule has 2 aromatic heterocycles. The molecule has 0 saturated carbocycles. The predicted octanol–water partition coefficient (Wildman–Crippen LogP) is 2.00. The van der Waals surface area contributed by atoms with Gasteiger partial charge < -0.3 is 14.8 Å². The summed E-state index contributed by atoms with van der Waals surface area (Å²) in [5, 5.41) is 19.5. The van der Waals surface area contributed by atoms with E-state index < -0.39 is 17.4 Å². The zero-order chi connectivity index (χ0) is 15.9. The Labute approximate surface area is 124 Å². The Balaban J connectivity index is 2.42. The number of hydrogen-bond donors (Lipinski definition) is 2. The highest BCUT2D eigenvalue weighted by atomic mass is 16.4. The van der Waals surface area contributed by atoms with Crippen molar-refractivity contribution in [3.8, 4) is 16.9 Å². The molecule has 0 radical (unpaired) electrons. The molecule has 0 atom stereocenters. The van der Waals surface area contributed by atoms with Crippen LogP contribution in [0.3, 0.4) is 0 Å². The Morgan fingerprint density at radius 2 is 1.91 bits per heavy atom. The van der Waals surface area contributed by atoms with Gasteiger partial charge >= 0.3 is 5.97 Å². The minimum absolute atomic E-state index is 0.247. The van der Waals surface area contributed by atoms with Crippen LogP contribution in [0.2, 0.25) is 0 Å². The quantitative estimate of drug-likeness (QED) is 0.754. The smallest absolute Gasteiger partial charge is 0.358 e. The third-order valence-corrected chi connectivity index (χ3v) is 3.54. The van der Waals surface area contributed by atoms with Crippen LogP contribution in [0.4, 0.5) is 0 Å².